The average Bonchev–Trinajstić information content (AvgIpc) is 2.50. The van der Waals surface area contributed by atoms with Gasteiger partial charge in [-0.3, -0.25) is 13.9 Å². The summed E-state index contributed by atoms with van der Waals surface area (Å²) in [5, 5.41) is 0. The lowest BCUT2D eigenvalue weighted by Gasteiger charge is -2.23. The number of benzene rings is 1. The van der Waals surface area contributed by atoms with Crippen LogP contribution in [0.5, 0.6) is 0 Å². The van der Waals surface area contributed by atoms with E-state index in [-0.39, 0.29) is 11.4 Å². The van der Waals surface area contributed by atoms with Gasteiger partial charge in [0.25, 0.3) is 0 Å². The first-order valence-electron chi connectivity index (χ1n) is 6.14. The third kappa shape index (κ3) is 4.71. The molecule has 1 rings (SSSR count). The van der Waals surface area contributed by atoms with Crippen LogP contribution in [0.25, 0.3) is 0 Å². The molecule has 0 N–H and O–H groups in total. The molecule has 0 radical (unpaired) electrons. The van der Waals surface area contributed by atoms with E-state index in [2.05, 4.69) is 17.6 Å². The average molecular weight is 327 g/mol. The molecule has 1 unspecified atom stereocenters. The zero-order valence-corrected chi connectivity index (χ0v) is 13.7. The lowest BCUT2D eigenvalue weighted by atomic mass is 10.1. The number of methoxy groups -OCH3 is 2. The molecule has 0 bridgehead atoms. The summed E-state index contributed by atoms with van der Waals surface area (Å²) in [5.74, 6) is -2.06. The van der Waals surface area contributed by atoms with Gasteiger partial charge in [0, 0.05) is 0 Å². The van der Waals surface area contributed by atoms with Gasteiger partial charge in [0.2, 0.25) is 0 Å². The topological polar surface area (TPSA) is 55.8 Å². The minimum absolute atomic E-state index is 0.182. The molecule has 0 saturated heterocycles. The van der Waals surface area contributed by atoms with E-state index in [0.717, 1.165) is 5.56 Å². The quantitative estimate of drug-likeness (QED) is 0.509. The van der Waals surface area contributed by atoms with Gasteiger partial charge in [0.1, 0.15) is 10.9 Å². The van der Waals surface area contributed by atoms with Crippen molar-refractivity contribution in [2.45, 2.75) is 13.3 Å². The van der Waals surface area contributed by atoms with E-state index in [1.807, 2.05) is 25.1 Å². The Labute approximate surface area is 134 Å². The Bertz CT molecular complexity index is 548. The molecule has 0 spiro atoms. The molecule has 0 fully saturated rings. The largest absolute Gasteiger partial charge is 0.469 e. The van der Waals surface area contributed by atoms with E-state index < -0.39 is 17.9 Å². The fraction of sp³-hybridized carbons (Fsp3) is 0.357. The highest BCUT2D eigenvalue weighted by atomic mass is 32.1. The number of thiocarbonyl (C=S) groups is 1. The highest BCUT2D eigenvalue weighted by Crippen LogP contribution is 2.23. The van der Waals surface area contributed by atoms with Crippen molar-refractivity contribution in [2.75, 3.05) is 18.5 Å². The Morgan fingerprint density at radius 1 is 1.33 bits per heavy atom. The standard InChI is InChI=1S/C14H17NO4S2/c1-9-5-4-6-10(7-9)15(21)13(20)11(14(17)19-3)8-12(16)18-2/h4-7,11,21H,8H2,1-3H3. The summed E-state index contributed by atoms with van der Waals surface area (Å²) in [6.45, 7) is 1.93. The van der Waals surface area contributed by atoms with Gasteiger partial charge in [-0.15, -0.1) is 0 Å². The van der Waals surface area contributed by atoms with Crippen LogP contribution in [0.3, 0.4) is 0 Å². The molecule has 0 aliphatic rings. The molecule has 0 heterocycles. The van der Waals surface area contributed by atoms with Gasteiger partial charge in [-0.1, -0.05) is 37.2 Å². The first-order chi connectivity index (χ1) is 9.90. The second kappa shape index (κ2) is 7.99. The van der Waals surface area contributed by atoms with Crippen LogP contribution in [0, 0.1) is 12.8 Å². The predicted molar refractivity (Wildman–Crippen MR) is 87.4 cm³/mol. The number of anilines is 1. The first-order valence-corrected chi connectivity index (χ1v) is 6.95. The maximum Gasteiger partial charge on any atom is 0.316 e. The molecule has 1 aromatic rings. The van der Waals surface area contributed by atoms with E-state index in [1.165, 1.54) is 18.5 Å². The molecule has 1 atom stereocenters. The van der Waals surface area contributed by atoms with E-state index in [9.17, 15) is 9.59 Å². The van der Waals surface area contributed by atoms with E-state index >= 15 is 0 Å². The molecule has 114 valence electrons. The molecular formula is C14H17NO4S2. The number of ether oxygens (including phenoxy) is 2. The summed E-state index contributed by atoms with van der Waals surface area (Å²) in [7, 11) is 2.49. The van der Waals surface area contributed by atoms with Crippen LogP contribution in [0.4, 0.5) is 5.69 Å². The van der Waals surface area contributed by atoms with Crippen LogP contribution < -0.4 is 4.31 Å². The van der Waals surface area contributed by atoms with Crippen LogP contribution in [0.1, 0.15) is 12.0 Å². The van der Waals surface area contributed by atoms with Crippen molar-refractivity contribution in [3.8, 4) is 0 Å². The van der Waals surface area contributed by atoms with Gasteiger partial charge in [-0.05, 0) is 24.6 Å². The number of hydrogen-bond donors (Lipinski definition) is 1. The third-order valence-corrected chi connectivity index (χ3v) is 3.89. The molecule has 7 heteroatoms. The van der Waals surface area contributed by atoms with Crippen molar-refractivity contribution < 1.29 is 19.1 Å². The SMILES string of the molecule is COC(=O)CC(C(=O)OC)C(=S)N(S)c1cccc(C)c1. The number of rotatable bonds is 5. The van der Waals surface area contributed by atoms with Crippen molar-refractivity contribution in [2.24, 2.45) is 5.92 Å². The monoisotopic (exact) mass is 327 g/mol. The fourth-order valence-electron chi connectivity index (χ4n) is 1.70. The molecule has 0 amide bonds. The zero-order chi connectivity index (χ0) is 16.0. The highest BCUT2D eigenvalue weighted by molar-refractivity contribution is 7.87. The van der Waals surface area contributed by atoms with Crippen molar-refractivity contribution in [3.63, 3.8) is 0 Å². The first kappa shape index (κ1) is 17.5. The summed E-state index contributed by atoms with van der Waals surface area (Å²) in [6.07, 6.45) is -0.190. The molecule has 5 nitrogen and oxygen atoms in total. The predicted octanol–water partition coefficient (Wildman–Crippen LogP) is 2.33. The van der Waals surface area contributed by atoms with Crippen molar-refractivity contribution in [1.82, 2.24) is 0 Å². The third-order valence-electron chi connectivity index (χ3n) is 2.84. The minimum atomic E-state index is -0.921. The summed E-state index contributed by atoms with van der Waals surface area (Å²) in [4.78, 5) is 23.4. The molecule has 0 aliphatic heterocycles. The number of thiol groups is 1. The Morgan fingerprint density at radius 3 is 2.52 bits per heavy atom. The van der Waals surface area contributed by atoms with Crippen LogP contribution >= 0.6 is 25.0 Å². The van der Waals surface area contributed by atoms with E-state index in [4.69, 9.17) is 17.0 Å². The summed E-state index contributed by atoms with van der Waals surface area (Å²) >= 11 is 9.59. The van der Waals surface area contributed by atoms with Gasteiger partial charge in [-0.25, -0.2) is 0 Å². The van der Waals surface area contributed by atoms with Gasteiger partial charge >= 0.3 is 11.9 Å². The maximum absolute atomic E-state index is 11.8. The van der Waals surface area contributed by atoms with Gasteiger partial charge in [0.05, 0.1) is 26.3 Å². The molecule has 0 saturated carbocycles. The number of nitrogens with zero attached hydrogens (tertiary/aromatic N) is 1. The lowest BCUT2D eigenvalue weighted by Crippen LogP contribution is -2.35. The highest BCUT2D eigenvalue weighted by Gasteiger charge is 2.30. The molecule has 0 aromatic heterocycles. The number of aryl methyl sites for hydroxylation is 1. The van der Waals surface area contributed by atoms with Crippen LogP contribution in [0.2, 0.25) is 0 Å². The van der Waals surface area contributed by atoms with E-state index in [1.54, 1.807) is 6.07 Å². The Morgan fingerprint density at radius 2 is 2.00 bits per heavy atom. The summed E-state index contributed by atoms with van der Waals surface area (Å²) < 4.78 is 10.7. The minimum Gasteiger partial charge on any atom is -0.469 e. The lowest BCUT2D eigenvalue weighted by molar-refractivity contribution is -0.149. The van der Waals surface area contributed by atoms with Crippen LogP contribution in [-0.4, -0.2) is 31.1 Å². The number of carbonyl (C=O) groups excluding carboxylic acids is 2. The number of carbonyl (C=O) groups is 2. The number of hydrogen-bond acceptors (Lipinski definition) is 6. The van der Waals surface area contributed by atoms with Crippen molar-refractivity contribution in [3.05, 3.63) is 29.8 Å². The summed E-state index contributed by atoms with van der Waals surface area (Å²) in [6, 6.07) is 7.45. The molecule has 21 heavy (non-hydrogen) atoms. The van der Waals surface area contributed by atoms with Crippen LogP contribution in [0.15, 0.2) is 24.3 Å². The Kier molecular flexibility index (Phi) is 6.64. The van der Waals surface area contributed by atoms with Crippen molar-refractivity contribution >= 4 is 47.6 Å². The Balaban J connectivity index is 2.98. The molecule has 0 aliphatic carbocycles. The van der Waals surface area contributed by atoms with Crippen LogP contribution in [-0.2, 0) is 19.1 Å². The van der Waals surface area contributed by atoms with Crippen molar-refractivity contribution in [1.29, 1.82) is 0 Å². The Hall–Kier alpha value is -1.60. The number of esters is 2. The van der Waals surface area contributed by atoms with Gasteiger partial charge < -0.3 is 9.47 Å². The zero-order valence-electron chi connectivity index (χ0n) is 12.0. The smallest absolute Gasteiger partial charge is 0.316 e. The second-order valence-corrected chi connectivity index (χ2v) is 5.16. The maximum atomic E-state index is 11.8. The normalized spacial score (nSPS) is 11.4. The molecule has 1 aromatic carbocycles. The van der Waals surface area contributed by atoms with E-state index in [0.29, 0.717) is 5.69 Å². The van der Waals surface area contributed by atoms with Gasteiger partial charge in [-0.2, -0.15) is 0 Å². The summed E-state index contributed by atoms with van der Waals surface area (Å²) in [5.41, 5.74) is 1.74. The molecular weight excluding hydrogens is 310 g/mol. The van der Waals surface area contributed by atoms with Gasteiger partial charge in [0.15, 0.2) is 0 Å². The second-order valence-electron chi connectivity index (χ2n) is 4.35. The fourth-order valence-corrected chi connectivity index (χ4v) is 2.25.